The molecule has 0 spiro atoms. The fraction of sp³-hybridized carbons (Fsp3) is 0.471. The Hall–Kier alpha value is -1.77. The number of carbonyl (C=O) groups is 2. The van der Waals surface area contributed by atoms with Crippen molar-refractivity contribution in [2.75, 3.05) is 0 Å². The first-order valence-electron chi connectivity index (χ1n) is 7.03. The summed E-state index contributed by atoms with van der Waals surface area (Å²) in [5.41, 5.74) is 0.878. The van der Waals surface area contributed by atoms with Crippen LogP contribution in [0.25, 0.3) is 0 Å². The summed E-state index contributed by atoms with van der Waals surface area (Å²) in [5.74, 6) is -0.653. The summed E-state index contributed by atoms with van der Waals surface area (Å²) < 4.78 is 0. The predicted molar refractivity (Wildman–Crippen MR) is 79.9 cm³/mol. The number of nitrogens with zero attached hydrogens (tertiary/aromatic N) is 1. The molecule has 106 valence electrons. The van der Waals surface area contributed by atoms with Gasteiger partial charge in [-0.2, -0.15) is 0 Å². The molecule has 0 N–H and O–H groups in total. The third-order valence-corrected chi connectivity index (χ3v) is 3.74. The molecule has 2 rings (SSSR count). The summed E-state index contributed by atoms with van der Waals surface area (Å²) in [6, 6.07) is 9.83. The quantitative estimate of drug-likeness (QED) is 0.625. The highest BCUT2D eigenvalue weighted by Gasteiger charge is 2.38. The van der Waals surface area contributed by atoms with Gasteiger partial charge in [0.25, 0.3) is 0 Å². The van der Waals surface area contributed by atoms with E-state index in [1.165, 1.54) is 0 Å². The van der Waals surface area contributed by atoms with E-state index in [0.717, 1.165) is 5.56 Å². The number of hydrogen-bond donors (Lipinski definition) is 0. The van der Waals surface area contributed by atoms with E-state index in [1.807, 2.05) is 51.1 Å². The minimum atomic E-state index is -0.644. The summed E-state index contributed by atoms with van der Waals surface area (Å²) in [6.07, 6.45) is 2.46. The van der Waals surface area contributed by atoms with Gasteiger partial charge >= 0.3 is 0 Å². The standard InChI is InChI=1S/C17H21NO2/c1-12(13-7-5-4-6-8-13)18-11-14-15(19)9-17(2,3)10-16(14)20/h4-8,11-12,14H,9-10H2,1-3H3/t12-/m1/s1. The number of aliphatic imine (C=N–C) groups is 1. The van der Waals surface area contributed by atoms with Crippen LogP contribution in [0.3, 0.4) is 0 Å². The SMILES string of the molecule is C[C@@H](N=CC1C(=O)CC(C)(C)CC1=O)c1ccccc1. The van der Waals surface area contributed by atoms with Crippen LogP contribution in [-0.2, 0) is 9.59 Å². The maximum Gasteiger partial charge on any atom is 0.149 e. The molecule has 1 aliphatic carbocycles. The van der Waals surface area contributed by atoms with Gasteiger partial charge in [-0.05, 0) is 17.9 Å². The fourth-order valence-electron chi connectivity index (χ4n) is 2.60. The van der Waals surface area contributed by atoms with Crippen molar-refractivity contribution in [1.29, 1.82) is 0 Å². The first-order chi connectivity index (χ1) is 9.39. The molecule has 0 saturated heterocycles. The molecule has 1 aromatic rings. The molecule has 1 fully saturated rings. The molecule has 1 aliphatic rings. The first kappa shape index (κ1) is 14.6. The van der Waals surface area contributed by atoms with Gasteiger partial charge in [-0.1, -0.05) is 44.2 Å². The van der Waals surface area contributed by atoms with E-state index in [-0.39, 0.29) is 23.0 Å². The maximum atomic E-state index is 12.1. The molecular weight excluding hydrogens is 250 g/mol. The number of hydrogen-bond acceptors (Lipinski definition) is 3. The van der Waals surface area contributed by atoms with Crippen LogP contribution >= 0.6 is 0 Å². The van der Waals surface area contributed by atoms with Gasteiger partial charge in [-0.3, -0.25) is 14.6 Å². The summed E-state index contributed by atoms with van der Waals surface area (Å²) >= 11 is 0. The van der Waals surface area contributed by atoms with E-state index in [0.29, 0.717) is 12.8 Å². The Morgan fingerprint density at radius 3 is 2.25 bits per heavy atom. The minimum absolute atomic E-state index is 0.00439. The molecule has 0 heterocycles. The van der Waals surface area contributed by atoms with Crippen LogP contribution in [0.15, 0.2) is 35.3 Å². The van der Waals surface area contributed by atoms with Crippen LogP contribution in [0, 0.1) is 11.3 Å². The van der Waals surface area contributed by atoms with E-state index >= 15 is 0 Å². The molecule has 0 aromatic heterocycles. The summed E-state index contributed by atoms with van der Waals surface area (Å²) in [5, 5.41) is 0. The van der Waals surface area contributed by atoms with E-state index in [4.69, 9.17) is 0 Å². The lowest BCUT2D eigenvalue weighted by atomic mass is 9.72. The monoisotopic (exact) mass is 271 g/mol. The third kappa shape index (κ3) is 3.41. The molecule has 0 unspecified atom stereocenters. The number of benzene rings is 1. The Kier molecular flexibility index (Phi) is 4.17. The van der Waals surface area contributed by atoms with Crippen LogP contribution in [0.1, 0.15) is 45.2 Å². The van der Waals surface area contributed by atoms with Crippen LogP contribution < -0.4 is 0 Å². The Morgan fingerprint density at radius 2 is 1.70 bits per heavy atom. The first-order valence-corrected chi connectivity index (χ1v) is 7.03. The van der Waals surface area contributed by atoms with Gasteiger partial charge in [0.2, 0.25) is 0 Å². The van der Waals surface area contributed by atoms with E-state index in [2.05, 4.69) is 4.99 Å². The molecule has 1 atom stereocenters. The smallest absolute Gasteiger partial charge is 0.149 e. The zero-order valence-electron chi connectivity index (χ0n) is 12.3. The maximum absolute atomic E-state index is 12.1. The van der Waals surface area contributed by atoms with Crippen molar-refractivity contribution in [3.8, 4) is 0 Å². The number of Topliss-reactive ketones (excluding diaryl/α,β-unsaturated/α-hetero) is 2. The summed E-state index contributed by atoms with van der Waals surface area (Å²) in [6.45, 7) is 5.89. The summed E-state index contributed by atoms with van der Waals surface area (Å²) in [4.78, 5) is 28.5. The van der Waals surface area contributed by atoms with Crippen molar-refractivity contribution in [2.45, 2.75) is 39.7 Å². The molecule has 1 aromatic carbocycles. The van der Waals surface area contributed by atoms with E-state index in [1.54, 1.807) is 6.21 Å². The highest BCUT2D eigenvalue weighted by atomic mass is 16.2. The molecular formula is C17H21NO2. The van der Waals surface area contributed by atoms with Gasteiger partial charge in [0.15, 0.2) is 0 Å². The molecule has 0 radical (unpaired) electrons. The molecule has 0 amide bonds. The van der Waals surface area contributed by atoms with Crippen molar-refractivity contribution in [2.24, 2.45) is 16.3 Å². The second-order valence-corrected chi connectivity index (χ2v) is 6.31. The van der Waals surface area contributed by atoms with Crippen molar-refractivity contribution < 1.29 is 9.59 Å². The zero-order chi connectivity index (χ0) is 14.8. The van der Waals surface area contributed by atoms with Crippen molar-refractivity contribution in [1.82, 2.24) is 0 Å². The Morgan fingerprint density at radius 1 is 1.15 bits per heavy atom. The average Bonchev–Trinajstić information content (AvgIpc) is 2.37. The van der Waals surface area contributed by atoms with Crippen LogP contribution in [-0.4, -0.2) is 17.8 Å². The van der Waals surface area contributed by atoms with E-state index < -0.39 is 5.92 Å². The largest absolute Gasteiger partial charge is 0.298 e. The average molecular weight is 271 g/mol. The highest BCUT2D eigenvalue weighted by Crippen LogP contribution is 2.33. The lowest BCUT2D eigenvalue weighted by Gasteiger charge is -2.30. The third-order valence-electron chi connectivity index (χ3n) is 3.74. The Labute approximate surface area is 120 Å². The minimum Gasteiger partial charge on any atom is -0.298 e. The van der Waals surface area contributed by atoms with Crippen LogP contribution in [0.4, 0.5) is 0 Å². The second-order valence-electron chi connectivity index (χ2n) is 6.31. The molecule has 0 bridgehead atoms. The predicted octanol–water partition coefficient (Wildman–Crippen LogP) is 3.39. The summed E-state index contributed by atoms with van der Waals surface area (Å²) in [7, 11) is 0. The molecule has 0 aliphatic heterocycles. The van der Waals surface area contributed by atoms with Gasteiger partial charge in [0.1, 0.15) is 17.5 Å². The van der Waals surface area contributed by atoms with Gasteiger partial charge in [-0.25, -0.2) is 0 Å². The number of rotatable bonds is 3. The molecule has 3 nitrogen and oxygen atoms in total. The number of carbonyl (C=O) groups excluding carboxylic acids is 2. The van der Waals surface area contributed by atoms with E-state index in [9.17, 15) is 9.59 Å². The van der Waals surface area contributed by atoms with Gasteiger partial charge in [0, 0.05) is 19.1 Å². The molecule has 20 heavy (non-hydrogen) atoms. The van der Waals surface area contributed by atoms with Gasteiger partial charge in [-0.15, -0.1) is 0 Å². The second kappa shape index (κ2) is 5.70. The lowest BCUT2D eigenvalue weighted by molar-refractivity contribution is -0.136. The Bertz CT molecular complexity index is 511. The van der Waals surface area contributed by atoms with Crippen molar-refractivity contribution in [3.63, 3.8) is 0 Å². The van der Waals surface area contributed by atoms with Crippen molar-refractivity contribution >= 4 is 17.8 Å². The molecule has 1 saturated carbocycles. The topological polar surface area (TPSA) is 46.5 Å². The fourth-order valence-corrected chi connectivity index (χ4v) is 2.60. The van der Waals surface area contributed by atoms with Crippen LogP contribution in [0.5, 0.6) is 0 Å². The van der Waals surface area contributed by atoms with Crippen LogP contribution in [0.2, 0.25) is 0 Å². The lowest BCUT2D eigenvalue weighted by Crippen LogP contribution is -2.38. The highest BCUT2D eigenvalue weighted by molar-refractivity contribution is 6.16. The normalized spacial score (nSPS) is 21.4. The van der Waals surface area contributed by atoms with Gasteiger partial charge < -0.3 is 0 Å². The number of ketones is 2. The van der Waals surface area contributed by atoms with Gasteiger partial charge in [0.05, 0.1) is 6.04 Å². The zero-order valence-corrected chi connectivity index (χ0v) is 12.3. The Balaban J connectivity index is 2.08. The van der Waals surface area contributed by atoms with Crippen molar-refractivity contribution in [3.05, 3.63) is 35.9 Å². The molecule has 3 heteroatoms.